The van der Waals surface area contributed by atoms with Crippen LogP contribution < -0.4 is 10.9 Å². The first-order chi connectivity index (χ1) is 10.6. The summed E-state index contributed by atoms with van der Waals surface area (Å²) < 4.78 is 3.16. The fourth-order valence-corrected chi connectivity index (χ4v) is 2.64. The highest BCUT2D eigenvalue weighted by Crippen LogP contribution is 2.18. The molecule has 0 radical (unpaired) electrons. The Labute approximate surface area is 133 Å². The number of aryl methyl sites for hydroxylation is 2. The lowest BCUT2D eigenvalue weighted by atomic mass is 10.2. The van der Waals surface area contributed by atoms with E-state index in [0.29, 0.717) is 18.1 Å². The van der Waals surface area contributed by atoms with Crippen LogP contribution in [0.4, 0.5) is 11.5 Å². The Morgan fingerprint density at radius 1 is 1.32 bits per heavy atom. The van der Waals surface area contributed by atoms with Crippen LogP contribution in [0.15, 0.2) is 16.9 Å². The summed E-state index contributed by atoms with van der Waals surface area (Å²) >= 11 is 5.96. The first kappa shape index (κ1) is 15.1. The van der Waals surface area contributed by atoms with E-state index in [4.69, 9.17) is 11.6 Å². The van der Waals surface area contributed by atoms with Crippen LogP contribution in [0, 0.1) is 0 Å². The van der Waals surface area contributed by atoms with Gasteiger partial charge in [-0.3, -0.25) is 14.4 Å². The van der Waals surface area contributed by atoms with Crippen molar-refractivity contribution >= 4 is 23.1 Å². The summed E-state index contributed by atoms with van der Waals surface area (Å²) in [5.74, 6) is 0.639. The molecule has 1 N–H and O–H groups in total. The van der Waals surface area contributed by atoms with Crippen LogP contribution in [0.2, 0.25) is 5.15 Å². The molecule has 0 aromatic carbocycles. The van der Waals surface area contributed by atoms with E-state index < -0.39 is 0 Å². The number of likely N-dealkylation sites (tertiary alicyclic amines) is 1. The number of hydrogen-bond acceptors (Lipinski definition) is 5. The molecule has 0 saturated carbocycles. The molecule has 0 unspecified atom stereocenters. The summed E-state index contributed by atoms with van der Waals surface area (Å²) in [7, 11) is 1.91. The molecule has 0 aliphatic carbocycles. The molecular weight excluding hydrogens is 304 g/mol. The molecule has 1 aliphatic rings. The van der Waals surface area contributed by atoms with Crippen molar-refractivity contribution in [2.75, 3.05) is 18.4 Å². The fourth-order valence-electron chi connectivity index (χ4n) is 2.44. The number of rotatable bonds is 5. The molecule has 0 bridgehead atoms. The van der Waals surface area contributed by atoms with Gasteiger partial charge in [-0.15, -0.1) is 0 Å². The first-order valence-electron chi connectivity index (χ1n) is 7.37. The maximum atomic E-state index is 12.2. The fraction of sp³-hybridized carbons (Fsp3) is 0.500. The molecule has 7 nitrogen and oxygen atoms in total. The average Bonchev–Trinajstić information content (AvgIpc) is 2.77. The van der Waals surface area contributed by atoms with E-state index in [9.17, 15) is 4.79 Å². The second-order valence-electron chi connectivity index (χ2n) is 5.40. The summed E-state index contributed by atoms with van der Waals surface area (Å²) in [5, 5.41) is 11.7. The quantitative estimate of drug-likeness (QED) is 0.905. The topological polar surface area (TPSA) is 68.0 Å². The van der Waals surface area contributed by atoms with Crippen molar-refractivity contribution in [3.05, 3.63) is 33.3 Å². The van der Waals surface area contributed by atoms with Gasteiger partial charge in [-0.25, -0.2) is 4.68 Å². The van der Waals surface area contributed by atoms with Gasteiger partial charge in [-0.2, -0.15) is 10.2 Å². The largest absolute Gasteiger partial charge is 0.334 e. The van der Waals surface area contributed by atoms with E-state index >= 15 is 0 Å². The summed E-state index contributed by atoms with van der Waals surface area (Å²) in [6.07, 6.45) is 1.26. The van der Waals surface area contributed by atoms with Crippen LogP contribution in [-0.2, 0) is 20.1 Å². The molecule has 2 aromatic heterocycles. The van der Waals surface area contributed by atoms with E-state index in [0.717, 1.165) is 25.3 Å². The monoisotopic (exact) mass is 322 g/mol. The van der Waals surface area contributed by atoms with Gasteiger partial charge >= 0.3 is 0 Å². The van der Waals surface area contributed by atoms with Crippen LogP contribution in [0.3, 0.4) is 0 Å². The molecular formula is C14H19ClN6O. The lowest BCUT2D eigenvalue weighted by Crippen LogP contribution is -2.36. The Morgan fingerprint density at radius 3 is 2.73 bits per heavy atom. The summed E-state index contributed by atoms with van der Waals surface area (Å²) in [6.45, 7) is 5.46. The van der Waals surface area contributed by atoms with E-state index in [1.807, 2.05) is 24.7 Å². The number of halogens is 1. The van der Waals surface area contributed by atoms with Gasteiger partial charge in [0.05, 0.1) is 5.69 Å². The minimum absolute atomic E-state index is 0.207. The highest BCUT2D eigenvalue weighted by Gasteiger charge is 2.17. The Bertz CT molecular complexity index is 733. The predicted molar refractivity (Wildman–Crippen MR) is 85.6 cm³/mol. The molecule has 0 atom stereocenters. The Kier molecular flexibility index (Phi) is 4.17. The summed E-state index contributed by atoms with van der Waals surface area (Å²) in [5.41, 5.74) is 1.29. The highest BCUT2D eigenvalue weighted by molar-refractivity contribution is 6.29. The van der Waals surface area contributed by atoms with Gasteiger partial charge in [0.1, 0.15) is 5.69 Å². The van der Waals surface area contributed by atoms with Gasteiger partial charge in [0.2, 0.25) is 0 Å². The standard InChI is InChI=1S/C14H19ClN6O/c1-3-21-14(22)11(8-12(15)17-21)16-13-7-10(19(2)18-13)9-20-5-4-6-20/h7-8H,3-6,9H2,1-2H3,(H,16,18). The minimum Gasteiger partial charge on any atom is -0.334 e. The van der Waals surface area contributed by atoms with Crippen molar-refractivity contribution in [3.63, 3.8) is 0 Å². The molecule has 3 heterocycles. The number of nitrogens with one attached hydrogen (secondary N) is 1. The average molecular weight is 323 g/mol. The SMILES string of the molecule is CCn1nc(Cl)cc(Nc2cc(CN3CCC3)n(C)n2)c1=O. The molecule has 118 valence electrons. The number of hydrogen-bond donors (Lipinski definition) is 1. The van der Waals surface area contributed by atoms with Crippen LogP contribution in [0.25, 0.3) is 0 Å². The van der Waals surface area contributed by atoms with Crippen molar-refractivity contribution < 1.29 is 0 Å². The van der Waals surface area contributed by atoms with E-state index in [-0.39, 0.29) is 10.7 Å². The Balaban J connectivity index is 1.82. The molecule has 22 heavy (non-hydrogen) atoms. The normalized spacial score (nSPS) is 14.9. The van der Waals surface area contributed by atoms with Gasteiger partial charge < -0.3 is 5.32 Å². The summed E-state index contributed by atoms with van der Waals surface area (Å²) in [4.78, 5) is 14.6. The molecule has 8 heteroatoms. The molecule has 1 saturated heterocycles. The molecule has 0 spiro atoms. The zero-order chi connectivity index (χ0) is 15.7. The Morgan fingerprint density at radius 2 is 2.09 bits per heavy atom. The lowest BCUT2D eigenvalue weighted by molar-refractivity contribution is 0.168. The van der Waals surface area contributed by atoms with Crippen molar-refractivity contribution in [1.29, 1.82) is 0 Å². The van der Waals surface area contributed by atoms with Gasteiger partial charge in [0, 0.05) is 32.3 Å². The Hall–Kier alpha value is -1.86. The van der Waals surface area contributed by atoms with E-state index in [2.05, 4.69) is 20.4 Å². The van der Waals surface area contributed by atoms with Crippen molar-refractivity contribution in [1.82, 2.24) is 24.5 Å². The van der Waals surface area contributed by atoms with Crippen molar-refractivity contribution in [2.45, 2.75) is 26.4 Å². The van der Waals surface area contributed by atoms with Crippen LogP contribution in [0.1, 0.15) is 19.0 Å². The number of aromatic nitrogens is 4. The van der Waals surface area contributed by atoms with Crippen molar-refractivity contribution in [2.24, 2.45) is 7.05 Å². The molecule has 3 rings (SSSR count). The molecule has 1 fully saturated rings. The summed E-state index contributed by atoms with van der Waals surface area (Å²) in [6, 6.07) is 3.49. The number of nitrogens with zero attached hydrogens (tertiary/aromatic N) is 5. The van der Waals surface area contributed by atoms with Gasteiger partial charge in [0.25, 0.3) is 5.56 Å². The third-order valence-electron chi connectivity index (χ3n) is 3.82. The van der Waals surface area contributed by atoms with Crippen LogP contribution in [0.5, 0.6) is 0 Å². The lowest BCUT2D eigenvalue weighted by Gasteiger charge is -2.30. The van der Waals surface area contributed by atoms with Crippen LogP contribution in [-0.4, -0.2) is 37.6 Å². The van der Waals surface area contributed by atoms with Gasteiger partial charge in [-0.1, -0.05) is 11.6 Å². The number of anilines is 2. The smallest absolute Gasteiger partial charge is 0.290 e. The minimum atomic E-state index is -0.207. The highest BCUT2D eigenvalue weighted by atomic mass is 35.5. The third kappa shape index (κ3) is 3.00. The maximum Gasteiger partial charge on any atom is 0.290 e. The molecule has 0 amide bonds. The van der Waals surface area contributed by atoms with Crippen molar-refractivity contribution in [3.8, 4) is 0 Å². The second kappa shape index (κ2) is 6.10. The van der Waals surface area contributed by atoms with E-state index in [1.165, 1.54) is 17.2 Å². The zero-order valence-electron chi connectivity index (χ0n) is 12.7. The zero-order valence-corrected chi connectivity index (χ0v) is 13.5. The van der Waals surface area contributed by atoms with E-state index in [1.54, 1.807) is 0 Å². The molecule has 2 aromatic rings. The first-order valence-corrected chi connectivity index (χ1v) is 7.74. The predicted octanol–water partition coefficient (Wildman–Crippen LogP) is 1.60. The van der Waals surface area contributed by atoms with Crippen LogP contribution >= 0.6 is 11.6 Å². The van der Waals surface area contributed by atoms with Gasteiger partial charge in [-0.05, 0) is 26.4 Å². The second-order valence-corrected chi connectivity index (χ2v) is 5.79. The third-order valence-corrected chi connectivity index (χ3v) is 4.00. The maximum absolute atomic E-state index is 12.2. The van der Waals surface area contributed by atoms with Gasteiger partial charge in [0.15, 0.2) is 11.0 Å². The molecule has 1 aliphatic heterocycles.